The van der Waals surface area contributed by atoms with Crippen LogP contribution in [0.25, 0.3) is 0 Å². The fourth-order valence-corrected chi connectivity index (χ4v) is 2.81. The van der Waals surface area contributed by atoms with Gasteiger partial charge in [-0.2, -0.15) is 0 Å². The van der Waals surface area contributed by atoms with Crippen LogP contribution in [0, 0.1) is 0 Å². The number of piperidine rings is 1. The Morgan fingerprint density at radius 2 is 1.95 bits per heavy atom. The van der Waals surface area contributed by atoms with E-state index in [9.17, 15) is 0 Å². The Kier molecular flexibility index (Phi) is 5.74. The lowest BCUT2D eigenvalue weighted by Crippen LogP contribution is -2.35. The molecule has 2 heterocycles. The maximum absolute atomic E-state index is 5.70. The Balaban J connectivity index is 1.67. The lowest BCUT2D eigenvalue weighted by molar-refractivity contribution is 0.182. The second kappa shape index (κ2) is 7.33. The highest BCUT2D eigenvalue weighted by Gasteiger charge is 2.13. The average molecular weight is 298 g/mol. The third kappa shape index (κ3) is 5.73. The maximum Gasteiger partial charge on any atom is 0.294 e. The molecule has 1 aliphatic rings. The molecule has 1 fully saturated rings. The number of hydrogen-bond donors (Lipinski definition) is 1. The van der Waals surface area contributed by atoms with Gasteiger partial charge in [-0.3, -0.25) is 4.90 Å². The normalized spacial score (nSPS) is 17.4. The Labute approximate surface area is 125 Å². The van der Waals surface area contributed by atoms with Crippen molar-refractivity contribution < 1.29 is 4.74 Å². The number of rotatable bonds is 6. The number of aromatic nitrogens is 2. The molecular formula is C14H26N4OS. The monoisotopic (exact) mass is 298 g/mol. The van der Waals surface area contributed by atoms with Crippen LogP contribution in [0.1, 0.15) is 45.0 Å². The van der Waals surface area contributed by atoms with Crippen LogP contribution in [-0.4, -0.2) is 46.9 Å². The number of ether oxygens (including phenoxy) is 1. The molecule has 1 aromatic heterocycles. The van der Waals surface area contributed by atoms with E-state index in [-0.39, 0.29) is 5.54 Å². The number of nitrogens with one attached hydrogen (secondary N) is 1. The van der Waals surface area contributed by atoms with Crippen molar-refractivity contribution in [2.24, 2.45) is 0 Å². The van der Waals surface area contributed by atoms with Crippen LogP contribution in [0.5, 0.6) is 5.19 Å². The zero-order valence-corrected chi connectivity index (χ0v) is 13.6. The van der Waals surface area contributed by atoms with E-state index in [1.54, 1.807) is 0 Å². The molecule has 1 aliphatic heterocycles. The third-order valence-electron chi connectivity index (χ3n) is 3.30. The molecular weight excluding hydrogens is 272 g/mol. The van der Waals surface area contributed by atoms with Gasteiger partial charge in [0.1, 0.15) is 11.6 Å². The highest BCUT2D eigenvalue weighted by atomic mass is 32.1. The van der Waals surface area contributed by atoms with Gasteiger partial charge in [-0.25, -0.2) is 0 Å². The van der Waals surface area contributed by atoms with Crippen molar-refractivity contribution in [2.75, 3.05) is 26.2 Å². The molecule has 1 aromatic rings. The molecule has 6 heteroatoms. The summed E-state index contributed by atoms with van der Waals surface area (Å²) >= 11 is 1.53. The first kappa shape index (κ1) is 15.7. The van der Waals surface area contributed by atoms with Gasteiger partial charge >= 0.3 is 0 Å². The summed E-state index contributed by atoms with van der Waals surface area (Å²) in [6.07, 6.45) is 4.01. The minimum Gasteiger partial charge on any atom is -0.468 e. The zero-order chi connectivity index (χ0) is 14.4. The SMILES string of the molecule is CC(C)(C)NCc1nnc(OCCN2CCCCC2)s1. The van der Waals surface area contributed by atoms with Crippen LogP contribution in [-0.2, 0) is 6.54 Å². The summed E-state index contributed by atoms with van der Waals surface area (Å²) in [4.78, 5) is 2.46. The highest BCUT2D eigenvalue weighted by molar-refractivity contribution is 7.13. The molecule has 0 atom stereocenters. The lowest BCUT2D eigenvalue weighted by atomic mass is 10.1. The van der Waals surface area contributed by atoms with Gasteiger partial charge in [0.15, 0.2) is 0 Å². The average Bonchev–Trinajstić information content (AvgIpc) is 2.85. The fraction of sp³-hybridized carbons (Fsp3) is 0.857. The van der Waals surface area contributed by atoms with Crippen LogP contribution >= 0.6 is 11.3 Å². The van der Waals surface area contributed by atoms with Crippen LogP contribution < -0.4 is 10.1 Å². The van der Waals surface area contributed by atoms with Crippen LogP contribution in [0.2, 0.25) is 0 Å². The van der Waals surface area contributed by atoms with Crippen molar-refractivity contribution in [1.82, 2.24) is 20.4 Å². The molecule has 0 bridgehead atoms. The molecule has 0 aromatic carbocycles. The van der Waals surface area contributed by atoms with Gasteiger partial charge in [-0.1, -0.05) is 17.8 Å². The minimum atomic E-state index is 0.0982. The van der Waals surface area contributed by atoms with E-state index < -0.39 is 0 Å². The summed E-state index contributed by atoms with van der Waals surface area (Å²) in [5.74, 6) is 0. The van der Waals surface area contributed by atoms with E-state index >= 15 is 0 Å². The second-order valence-corrected chi connectivity index (χ2v) is 7.34. The maximum atomic E-state index is 5.70. The minimum absolute atomic E-state index is 0.0982. The third-order valence-corrected chi connectivity index (χ3v) is 4.14. The molecule has 0 saturated carbocycles. The topological polar surface area (TPSA) is 50.3 Å². The summed E-state index contributed by atoms with van der Waals surface area (Å²) in [5, 5.41) is 13.3. The number of hydrogen-bond acceptors (Lipinski definition) is 6. The summed E-state index contributed by atoms with van der Waals surface area (Å²) in [6.45, 7) is 11.3. The van der Waals surface area contributed by atoms with Crippen LogP contribution in [0.15, 0.2) is 0 Å². The van der Waals surface area contributed by atoms with E-state index in [0.717, 1.165) is 18.1 Å². The van der Waals surface area contributed by atoms with Crippen LogP contribution in [0.3, 0.4) is 0 Å². The van der Waals surface area contributed by atoms with Crippen molar-refractivity contribution in [3.63, 3.8) is 0 Å². The van der Waals surface area contributed by atoms with E-state index in [0.29, 0.717) is 11.8 Å². The Hall–Kier alpha value is -0.720. The van der Waals surface area contributed by atoms with Gasteiger partial charge in [0, 0.05) is 12.1 Å². The molecule has 0 radical (unpaired) electrons. The van der Waals surface area contributed by atoms with Gasteiger partial charge in [0.25, 0.3) is 5.19 Å². The smallest absolute Gasteiger partial charge is 0.294 e. The first-order valence-corrected chi connectivity index (χ1v) is 8.27. The Bertz CT molecular complexity index is 396. The van der Waals surface area contributed by atoms with Crippen molar-refractivity contribution in [1.29, 1.82) is 0 Å². The molecule has 5 nitrogen and oxygen atoms in total. The molecule has 114 valence electrons. The first-order chi connectivity index (χ1) is 9.53. The van der Waals surface area contributed by atoms with Gasteiger partial charge in [0.2, 0.25) is 0 Å². The molecule has 0 amide bonds. The molecule has 20 heavy (non-hydrogen) atoms. The quantitative estimate of drug-likeness (QED) is 0.873. The van der Waals surface area contributed by atoms with Crippen molar-refractivity contribution in [3.05, 3.63) is 5.01 Å². The largest absolute Gasteiger partial charge is 0.468 e. The standard InChI is InChI=1S/C14H26N4OS/c1-14(2,3)15-11-12-16-17-13(20-12)19-10-9-18-7-5-4-6-8-18/h15H,4-11H2,1-3H3. The second-order valence-electron chi connectivity index (χ2n) is 6.32. The molecule has 1 N–H and O–H groups in total. The van der Waals surface area contributed by atoms with Crippen molar-refractivity contribution >= 4 is 11.3 Å². The van der Waals surface area contributed by atoms with Crippen molar-refractivity contribution in [3.8, 4) is 5.19 Å². The fourth-order valence-electron chi connectivity index (χ4n) is 2.15. The van der Waals surface area contributed by atoms with E-state index in [1.165, 1.54) is 43.7 Å². The Morgan fingerprint density at radius 1 is 1.20 bits per heavy atom. The molecule has 0 aliphatic carbocycles. The summed E-state index contributed by atoms with van der Waals surface area (Å²) in [5.41, 5.74) is 0.0982. The Morgan fingerprint density at radius 3 is 2.65 bits per heavy atom. The van der Waals surface area contributed by atoms with E-state index in [4.69, 9.17) is 4.74 Å². The van der Waals surface area contributed by atoms with E-state index in [1.807, 2.05) is 0 Å². The van der Waals surface area contributed by atoms with Gasteiger partial charge in [0.05, 0.1) is 6.54 Å². The van der Waals surface area contributed by atoms with Crippen molar-refractivity contribution in [2.45, 2.75) is 52.1 Å². The number of likely N-dealkylation sites (tertiary alicyclic amines) is 1. The lowest BCUT2D eigenvalue weighted by Gasteiger charge is -2.25. The summed E-state index contributed by atoms with van der Waals surface area (Å²) in [7, 11) is 0. The summed E-state index contributed by atoms with van der Waals surface area (Å²) < 4.78 is 5.70. The number of nitrogens with zero attached hydrogens (tertiary/aromatic N) is 3. The molecule has 1 saturated heterocycles. The predicted octanol–water partition coefficient (Wildman–Crippen LogP) is 2.29. The first-order valence-electron chi connectivity index (χ1n) is 7.45. The van der Waals surface area contributed by atoms with Gasteiger partial charge in [-0.05, 0) is 46.7 Å². The zero-order valence-electron chi connectivity index (χ0n) is 12.8. The van der Waals surface area contributed by atoms with Gasteiger partial charge in [-0.15, -0.1) is 10.2 Å². The van der Waals surface area contributed by atoms with Gasteiger partial charge < -0.3 is 10.1 Å². The molecule has 2 rings (SSSR count). The highest BCUT2D eigenvalue weighted by Crippen LogP contribution is 2.18. The molecule has 0 unspecified atom stereocenters. The van der Waals surface area contributed by atoms with E-state index in [2.05, 4.69) is 41.2 Å². The summed E-state index contributed by atoms with van der Waals surface area (Å²) in [6, 6.07) is 0. The molecule has 0 spiro atoms. The van der Waals surface area contributed by atoms with Crippen LogP contribution in [0.4, 0.5) is 0 Å². The predicted molar refractivity (Wildman–Crippen MR) is 82.3 cm³/mol.